The number of hydrogen-bond acceptors (Lipinski definition) is 4. The van der Waals surface area contributed by atoms with Crippen LogP contribution in [0.2, 0.25) is 0 Å². The summed E-state index contributed by atoms with van der Waals surface area (Å²) in [7, 11) is 1.63. The van der Waals surface area contributed by atoms with Crippen molar-refractivity contribution in [2.45, 2.75) is 27.2 Å². The second-order valence-electron chi connectivity index (χ2n) is 5.93. The van der Waals surface area contributed by atoms with Crippen molar-refractivity contribution in [1.82, 2.24) is 14.6 Å². The number of rotatable bonds is 4. The number of methoxy groups -OCH3 is 1. The molecular formula is C18H21N3O3. The van der Waals surface area contributed by atoms with E-state index < -0.39 is 0 Å². The second-order valence-corrected chi connectivity index (χ2v) is 5.93. The molecule has 3 rings (SSSR count). The number of aromatic nitrogens is 3. The molecule has 0 saturated carbocycles. The minimum absolute atomic E-state index is 0.0812. The van der Waals surface area contributed by atoms with Crippen LogP contribution in [0.15, 0.2) is 23.0 Å². The summed E-state index contributed by atoms with van der Waals surface area (Å²) in [5, 5.41) is 12.3. The second kappa shape index (κ2) is 6.13. The number of aliphatic hydroxyl groups is 1. The highest BCUT2D eigenvalue weighted by atomic mass is 16.5. The average Bonchev–Trinajstić information content (AvgIpc) is 2.88. The van der Waals surface area contributed by atoms with Crippen LogP contribution >= 0.6 is 0 Å². The first kappa shape index (κ1) is 16.3. The van der Waals surface area contributed by atoms with Crippen LogP contribution in [0.5, 0.6) is 5.75 Å². The predicted octanol–water partition coefficient (Wildman–Crippen LogP) is 2.16. The van der Waals surface area contributed by atoms with Gasteiger partial charge in [-0.05, 0) is 32.4 Å². The minimum Gasteiger partial charge on any atom is -0.496 e. The molecule has 2 aromatic heterocycles. The van der Waals surface area contributed by atoms with Crippen molar-refractivity contribution in [3.05, 3.63) is 51.1 Å². The standard InChI is InChI=1S/C18H21N3O3/c1-10-5-6-14(15(9-10)24-4)16-12(3)20-21-17(16)19-11(2)13(7-8-22)18(21)23/h5-6,9,20,22H,7-8H2,1-4H3. The molecule has 126 valence electrons. The lowest BCUT2D eigenvalue weighted by Gasteiger charge is -2.10. The van der Waals surface area contributed by atoms with Crippen molar-refractivity contribution in [2.75, 3.05) is 13.7 Å². The number of aliphatic hydroxyl groups excluding tert-OH is 1. The molecule has 0 radical (unpaired) electrons. The molecule has 0 bridgehead atoms. The number of fused-ring (bicyclic) bond motifs is 1. The van der Waals surface area contributed by atoms with Gasteiger partial charge in [0.15, 0.2) is 5.65 Å². The molecule has 0 aliphatic rings. The van der Waals surface area contributed by atoms with Crippen LogP contribution in [-0.2, 0) is 6.42 Å². The number of nitrogens with one attached hydrogen (secondary N) is 1. The zero-order chi connectivity index (χ0) is 17.4. The Bertz CT molecular complexity index is 970. The summed E-state index contributed by atoms with van der Waals surface area (Å²) in [5.74, 6) is 0.742. The molecule has 24 heavy (non-hydrogen) atoms. The Morgan fingerprint density at radius 3 is 2.71 bits per heavy atom. The molecule has 6 heteroatoms. The van der Waals surface area contributed by atoms with E-state index in [1.165, 1.54) is 4.52 Å². The zero-order valence-corrected chi connectivity index (χ0v) is 14.3. The number of benzene rings is 1. The van der Waals surface area contributed by atoms with Gasteiger partial charge in [0.05, 0.1) is 12.7 Å². The van der Waals surface area contributed by atoms with E-state index >= 15 is 0 Å². The Hall–Kier alpha value is -2.60. The number of aromatic amines is 1. The van der Waals surface area contributed by atoms with Crippen LogP contribution in [0.25, 0.3) is 16.8 Å². The van der Waals surface area contributed by atoms with Gasteiger partial charge in [-0.1, -0.05) is 12.1 Å². The molecule has 1 aromatic carbocycles. The molecule has 0 aliphatic heterocycles. The molecule has 2 N–H and O–H groups in total. The lowest BCUT2D eigenvalue weighted by Crippen LogP contribution is -2.22. The molecule has 0 saturated heterocycles. The Morgan fingerprint density at radius 2 is 2.04 bits per heavy atom. The summed E-state index contributed by atoms with van der Waals surface area (Å²) in [6, 6.07) is 5.95. The van der Waals surface area contributed by atoms with Gasteiger partial charge in [-0.2, -0.15) is 0 Å². The molecular weight excluding hydrogens is 306 g/mol. The van der Waals surface area contributed by atoms with Gasteiger partial charge in [0.2, 0.25) is 0 Å². The first-order valence-electron chi connectivity index (χ1n) is 7.84. The van der Waals surface area contributed by atoms with Gasteiger partial charge in [-0.3, -0.25) is 9.89 Å². The third kappa shape index (κ3) is 2.49. The van der Waals surface area contributed by atoms with Crippen LogP contribution < -0.4 is 10.3 Å². The van der Waals surface area contributed by atoms with Crippen molar-refractivity contribution >= 4 is 5.65 Å². The van der Waals surface area contributed by atoms with Crippen molar-refractivity contribution < 1.29 is 9.84 Å². The number of hydrogen-bond donors (Lipinski definition) is 2. The Morgan fingerprint density at radius 1 is 1.29 bits per heavy atom. The van der Waals surface area contributed by atoms with Crippen molar-refractivity contribution in [3.63, 3.8) is 0 Å². The number of aryl methyl sites for hydroxylation is 3. The largest absolute Gasteiger partial charge is 0.496 e. The third-order valence-electron chi connectivity index (χ3n) is 4.25. The van der Waals surface area contributed by atoms with E-state index in [9.17, 15) is 9.90 Å². The molecule has 6 nitrogen and oxygen atoms in total. The molecule has 3 aromatic rings. The summed E-state index contributed by atoms with van der Waals surface area (Å²) in [6.45, 7) is 5.62. The highest BCUT2D eigenvalue weighted by Gasteiger charge is 2.19. The van der Waals surface area contributed by atoms with E-state index in [1.54, 1.807) is 14.0 Å². The lowest BCUT2D eigenvalue weighted by molar-refractivity contribution is 0.298. The highest BCUT2D eigenvalue weighted by molar-refractivity contribution is 5.83. The summed E-state index contributed by atoms with van der Waals surface area (Å²) in [4.78, 5) is 17.3. The Labute approximate surface area is 139 Å². The monoisotopic (exact) mass is 327 g/mol. The van der Waals surface area contributed by atoms with Gasteiger partial charge in [0, 0.05) is 35.5 Å². The van der Waals surface area contributed by atoms with Gasteiger partial charge < -0.3 is 9.84 Å². The van der Waals surface area contributed by atoms with Crippen molar-refractivity contribution in [2.24, 2.45) is 0 Å². The SMILES string of the molecule is COc1cc(C)ccc1-c1c(C)[nH]n2c(=O)c(CCO)c(C)nc12. The van der Waals surface area contributed by atoms with Gasteiger partial charge in [-0.15, -0.1) is 0 Å². The molecule has 2 heterocycles. The lowest BCUT2D eigenvalue weighted by atomic mass is 10.0. The maximum Gasteiger partial charge on any atom is 0.276 e. The molecule has 0 unspecified atom stereocenters. The van der Waals surface area contributed by atoms with Crippen LogP contribution in [0.4, 0.5) is 0 Å². The van der Waals surface area contributed by atoms with Crippen molar-refractivity contribution in [3.8, 4) is 16.9 Å². The van der Waals surface area contributed by atoms with Crippen LogP contribution in [0, 0.1) is 20.8 Å². The number of H-pyrrole nitrogens is 1. The highest BCUT2D eigenvalue weighted by Crippen LogP contribution is 2.35. The molecule has 0 atom stereocenters. The average molecular weight is 327 g/mol. The van der Waals surface area contributed by atoms with Crippen LogP contribution in [-0.4, -0.2) is 33.4 Å². The number of nitrogens with zero attached hydrogens (tertiary/aromatic N) is 2. The van der Waals surface area contributed by atoms with Crippen molar-refractivity contribution in [1.29, 1.82) is 0 Å². The Balaban J connectivity index is 2.35. The van der Waals surface area contributed by atoms with E-state index in [2.05, 4.69) is 10.1 Å². The quantitative estimate of drug-likeness (QED) is 0.769. The smallest absolute Gasteiger partial charge is 0.276 e. The molecule has 0 spiro atoms. The Kier molecular flexibility index (Phi) is 4.15. The fourth-order valence-corrected chi connectivity index (χ4v) is 3.05. The number of ether oxygens (including phenoxy) is 1. The summed E-state index contributed by atoms with van der Waals surface area (Å²) < 4.78 is 6.96. The zero-order valence-electron chi connectivity index (χ0n) is 14.3. The molecule has 0 amide bonds. The first-order chi connectivity index (χ1) is 11.5. The van der Waals surface area contributed by atoms with Gasteiger partial charge in [0.25, 0.3) is 5.56 Å². The van der Waals surface area contributed by atoms with E-state index in [4.69, 9.17) is 4.74 Å². The van der Waals surface area contributed by atoms with E-state index in [0.29, 0.717) is 23.3 Å². The first-order valence-corrected chi connectivity index (χ1v) is 7.84. The fraction of sp³-hybridized carbons (Fsp3) is 0.333. The summed E-state index contributed by atoms with van der Waals surface area (Å²) >= 11 is 0. The normalized spacial score (nSPS) is 11.2. The molecule has 0 fully saturated rings. The van der Waals surface area contributed by atoms with E-state index in [0.717, 1.165) is 28.1 Å². The fourth-order valence-electron chi connectivity index (χ4n) is 3.05. The van der Waals surface area contributed by atoms with Gasteiger partial charge in [-0.25, -0.2) is 9.50 Å². The van der Waals surface area contributed by atoms with Gasteiger partial charge >= 0.3 is 0 Å². The van der Waals surface area contributed by atoms with Gasteiger partial charge in [0.1, 0.15) is 5.75 Å². The summed E-state index contributed by atoms with van der Waals surface area (Å²) in [5.41, 5.74) is 5.23. The predicted molar refractivity (Wildman–Crippen MR) is 92.8 cm³/mol. The van der Waals surface area contributed by atoms with Crippen LogP contribution in [0.1, 0.15) is 22.5 Å². The third-order valence-corrected chi connectivity index (χ3v) is 4.25. The minimum atomic E-state index is -0.174. The van der Waals surface area contributed by atoms with E-state index in [-0.39, 0.29) is 12.2 Å². The summed E-state index contributed by atoms with van der Waals surface area (Å²) in [6.07, 6.45) is 0.294. The maximum absolute atomic E-state index is 12.7. The topological polar surface area (TPSA) is 79.6 Å². The van der Waals surface area contributed by atoms with E-state index in [1.807, 2.05) is 32.0 Å². The maximum atomic E-state index is 12.7. The molecule has 0 aliphatic carbocycles. The van der Waals surface area contributed by atoms with Crippen LogP contribution in [0.3, 0.4) is 0 Å².